The van der Waals surface area contributed by atoms with E-state index in [1.165, 1.54) is 17.0 Å². The summed E-state index contributed by atoms with van der Waals surface area (Å²) in [6, 6.07) is 5.74. The maximum Gasteiger partial charge on any atom is 0.331 e. The zero-order valence-corrected chi connectivity index (χ0v) is 15.8. The Hall–Kier alpha value is -3.23. The third-order valence-electron chi connectivity index (χ3n) is 5.64. The summed E-state index contributed by atoms with van der Waals surface area (Å²) in [5.41, 5.74) is 1.30. The smallest absolute Gasteiger partial charge is 0.331 e. The molecule has 0 spiro atoms. The first-order chi connectivity index (χ1) is 14.1. The van der Waals surface area contributed by atoms with Crippen LogP contribution in [-0.2, 0) is 4.79 Å². The summed E-state index contributed by atoms with van der Waals surface area (Å²) in [5.74, 6) is 0.513. The van der Waals surface area contributed by atoms with E-state index in [0.717, 1.165) is 25.7 Å². The van der Waals surface area contributed by atoms with Crippen LogP contribution in [0.5, 0.6) is 0 Å². The van der Waals surface area contributed by atoms with Crippen molar-refractivity contribution in [2.24, 2.45) is 4.99 Å². The Balaban J connectivity index is 1.52. The second kappa shape index (κ2) is 6.98. The van der Waals surface area contributed by atoms with Crippen molar-refractivity contribution in [3.8, 4) is 5.69 Å². The summed E-state index contributed by atoms with van der Waals surface area (Å²) in [7, 11) is 0. The molecule has 3 amide bonds. The number of nitrogens with zero attached hydrogens (tertiary/aromatic N) is 5. The van der Waals surface area contributed by atoms with Crippen LogP contribution in [0.1, 0.15) is 31.2 Å². The van der Waals surface area contributed by atoms with Crippen molar-refractivity contribution in [3.63, 3.8) is 0 Å². The molecule has 0 atom stereocenters. The topological polar surface area (TPSA) is 82.8 Å². The molecule has 1 N–H and O–H groups in total. The number of rotatable bonds is 4. The Morgan fingerprint density at radius 1 is 1.21 bits per heavy atom. The van der Waals surface area contributed by atoms with E-state index in [2.05, 4.69) is 15.4 Å². The summed E-state index contributed by atoms with van der Waals surface area (Å²) in [6.07, 6.45) is 5.82. The number of anilines is 1. The first kappa shape index (κ1) is 17.8. The van der Waals surface area contributed by atoms with Crippen molar-refractivity contribution in [1.29, 1.82) is 0 Å². The summed E-state index contributed by atoms with van der Waals surface area (Å²) >= 11 is 0. The van der Waals surface area contributed by atoms with E-state index in [0.29, 0.717) is 36.0 Å². The minimum Gasteiger partial charge on any atom is -0.352 e. The highest BCUT2D eigenvalue weighted by Gasteiger charge is 2.41. The number of carbonyl (C=O) groups excluding carboxylic acids is 2. The molecule has 5 rings (SSSR count). The van der Waals surface area contributed by atoms with Crippen LogP contribution in [0.25, 0.3) is 5.69 Å². The van der Waals surface area contributed by atoms with Gasteiger partial charge in [0, 0.05) is 12.6 Å². The van der Waals surface area contributed by atoms with E-state index in [9.17, 15) is 14.0 Å². The summed E-state index contributed by atoms with van der Waals surface area (Å²) in [6.45, 7) is 0.902. The third kappa shape index (κ3) is 3.06. The molecule has 0 bridgehead atoms. The molecule has 3 aliphatic rings. The molecule has 150 valence electrons. The molecular weight excluding hydrogens is 375 g/mol. The van der Waals surface area contributed by atoms with Crippen LogP contribution >= 0.6 is 0 Å². The number of halogens is 1. The molecular formula is C20H21FN6O2. The molecule has 2 aromatic rings. The van der Waals surface area contributed by atoms with Crippen molar-refractivity contribution in [2.45, 2.75) is 31.7 Å². The molecule has 1 aromatic heterocycles. The average Bonchev–Trinajstić information content (AvgIpc) is 3.45. The van der Waals surface area contributed by atoms with Gasteiger partial charge in [-0.3, -0.25) is 19.6 Å². The number of aliphatic imine (C=N–C) groups is 1. The molecule has 8 nitrogen and oxygen atoms in total. The number of nitrogens with one attached hydrogen (secondary N) is 1. The number of amidine groups is 1. The molecule has 1 saturated carbocycles. The van der Waals surface area contributed by atoms with Gasteiger partial charge >= 0.3 is 6.03 Å². The van der Waals surface area contributed by atoms with Crippen LogP contribution in [0, 0.1) is 5.82 Å². The first-order valence-electron chi connectivity index (χ1n) is 9.89. The molecule has 1 aromatic carbocycles. The number of hydrogen-bond acceptors (Lipinski definition) is 4. The number of aromatic nitrogens is 2. The highest BCUT2D eigenvalue weighted by Crippen LogP contribution is 2.32. The average molecular weight is 396 g/mol. The first-order valence-corrected chi connectivity index (χ1v) is 9.89. The highest BCUT2D eigenvalue weighted by atomic mass is 19.1. The van der Waals surface area contributed by atoms with Crippen LogP contribution < -0.4 is 10.2 Å². The van der Waals surface area contributed by atoms with Crippen molar-refractivity contribution >= 4 is 23.6 Å². The van der Waals surface area contributed by atoms with Gasteiger partial charge in [-0.2, -0.15) is 5.10 Å². The minimum atomic E-state index is -0.356. The third-order valence-corrected chi connectivity index (χ3v) is 5.64. The summed E-state index contributed by atoms with van der Waals surface area (Å²) in [5, 5.41) is 7.45. The lowest BCUT2D eigenvalue weighted by Crippen LogP contribution is -2.53. The fraction of sp³-hybridized carbons (Fsp3) is 0.400. The molecule has 29 heavy (non-hydrogen) atoms. The van der Waals surface area contributed by atoms with E-state index in [-0.39, 0.29) is 30.3 Å². The van der Waals surface area contributed by atoms with Gasteiger partial charge in [-0.05, 0) is 37.1 Å². The second-order valence-electron chi connectivity index (χ2n) is 7.54. The number of hydrogen-bond donors (Lipinski definition) is 1. The maximum atomic E-state index is 13.4. The summed E-state index contributed by atoms with van der Waals surface area (Å²) in [4.78, 5) is 33.3. The fourth-order valence-corrected chi connectivity index (χ4v) is 4.26. The fourth-order valence-electron chi connectivity index (χ4n) is 4.26. The molecule has 1 aliphatic carbocycles. The Morgan fingerprint density at radius 3 is 2.72 bits per heavy atom. The van der Waals surface area contributed by atoms with Gasteiger partial charge in [-0.25, -0.2) is 13.9 Å². The lowest BCUT2D eigenvalue weighted by Gasteiger charge is -2.33. The Bertz CT molecular complexity index is 993. The van der Waals surface area contributed by atoms with Gasteiger partial charge in [0.2, 0.25) is 5.91 Å². The largest absolute Gasteiger partial charge is 0.352 e. The SMILES string of the molecule is O=C(CN1C(=O)N2CCN=C2c2cnn(-c3ccc(F)cc3)c21)NC1CCCC1. The van der Waals surface area contributed by atoms with E-state index in [4.69, 9.17) is 0 Å². The van der Waals surface area contributed by atoms with Gasteiger partial charge in [0.25, 0.3) is 0 Å². The molecule has 3 heterocycles. The number of benzene rings is 1. The normalized spacial score (nSPS) is 18.7. The molecule has 9 heteroatoms. The van der Waals surface area contributed by atoms with Crippen LogP contribution in [0.15, 0.2) is 35.5 Å². The molecule has 1 fully saturated rings. The lowest BCUT2D eigenvalue weighted by atomic mass is 10.2. The Kier molecular flexibility index (Phi) is 4.30. The van der Waals surface area contributed by atoms with Gasteiger partial charge in [-0.1, -0.05) is 12.8 Å². The van der Waals surface area contributed by atoms with Gasteiger partial charge in [0.1, 0.15) is 18.2 Å². The van der Waals surface area contributed by atoms with E-state index < -0.39 is 0 Å². The molecule has 2 aliphatic heterocycles. The zero-order chi connectivity index (χ0) is 20.0. The second-order valence-corrected chi connectivity index (χ2v) is 7.54. The van der Waals surface area contributed by atoms with Gasteiger partial charge in [0.05, 0.1) is 24.0 Å². The highest BCUT2D eigenvalue weighted by molar-refractivity contribution is 6.20. The van der Waals surface area contributed by atoms with Crippen molar-refractivity contribution < 1.29 is 14.0 Å². The lowest BCUT2D eigenvalue weighted by molar-refractivity contribution is -0.120. The van der Waals surface area contributed by atoms with E-state index in [1.54, 1.807) is 27.9 Å². The van der Waals surface area contributed by atoms with Crippen LogP contribution in [-0.4, -0.2) is 58.1 Å². The van der Waals surface area contributed by atoms with Crippen LogP contribution in [0.4, 0.5) is 15.0 Å². The van der Waals surface area contributed by atoms with Crippen molar-refractivity contribution in [1.82, 2.24) is 20.0 Å². The quantitative estimate of drug-likeness (QED) is 0.859. The maximum absolute atomic E-state index is 13.4. The Morgan fingerprint density at radius 2 is 1.97 bits per heavy atom. The molecule has 0 radical (unpaired) electrons. The number of carbonyl (C=O) groups is 2. The van der Waals surface area contributed by atoms with Crippen molar-refractivity contribution in [3.05, 3.63) is 41.8 Å². The zero-order valence-electron chi connectivity index (χ0n) is 15.8. The number of fused-ring (bicyclic) bond motifs is 3. The van der Waals surface area contributed by atoms with E-state index in [1.807, 2.05) is 0 Å². The monoisotopic (exact) mass is 396 g/mol. The Labute approximate surface area is 167 Å². The van der Waals surface area contributed by atoms with Gasteiger partial charge in [-0.15, -0.1) is 0 Å². The summed E-state index contributed by atoms with van der Waals surface area (Å²) < 4.78 is 14.9. The molecule has 0 unspecified atom stereocenters. The predicted octanol–water partition coefficient (Wildman–Crippen LogP) is 2.07. The van der Waals surface area contributed by atoms with Gasteiger partial charge in [0.15, 0.2) is 5.82 Å². The van der Waals surface area contributed by atoms with Crippen LogP contribution in [0.3, 0.4) is 0 Å². The van der Waals surface area contributed by atoms with Gasteiger partial charge < -0.3 is 5.32 Å². The predicted molar refractivity (Wildman–Crippen MR) is 105 cm³/mol. The standard InChI is InChI=1S/C20H21FN6O2/c21-13-5-7-15(8-6-13)27-19-16(11-23-27)18-22-9-10-25(18)20(29)26(19)12-17(28)24-14-3-1-2-4-14/h5-8,11,14H,1-4,9-10,12H2,(H,24,28). The van der Waals surface area contributed by atoms with Crippen LogP contribution in [0.2, 0.25) is 0 Å². The molecule has 0 saturated heterocycles. The van der Waals surface area contributed by atoms with E-state index >= 15 is 0 Å². The minimum absolute atomic E-state index is 0.0982. The van der Waals surface area contributed by atoms with Crippen molar-refractivity contribution in [2.75, 3.05) is 24.5 Å². The number of urea groups is 1. The number of amides is 3.